The minimum Gasteiger partial charge on any atom is -0.497 e. The van der Waals surface area contributed by atoms with Gasteiger partial charge in [0.15, 0.2) is 0 Å². The number of ether oxygens (including phenoxy) is 2. The van der Waals surface area contributed by atoms with Crippen molar-refractivity contribution in [2.24, 2.45) is 0 Å². The van der Waals surface area contributed by atoms with Crippen LogP contribution in [0, 0.1) is 0 Å². The van der Waals surface area contributed by atoms with E-state index in [9.17, 15) is 0 Å². The highest BCUT2D eigenvalue weighted by Crippen LogP contribution is 2.27. The van der Waals surface area contributed by atoms with Gasteiger partial charge in [-0.15, -0.1) is 0 Å². The van der Waals surface area contributed by atoms with E-state index < -0.39 is 0 Å². The van der Waals surface area contributed by atoms with E-state index >= 15 is 0 Å². The Hall–Kier alpha value is -3.38. The van der Waals surface area contributed by atoms with Crippen molar-refractivity contribution in [3.05, 3.63) is 83.9 Å². The number of imidazole rings is 1. The van der Waals surface area contributed by atoms with E-state index in [0.29, 0.717) is 0 Å². The number of aryl methyl sites for hydroxylation is 1. The first kappa shape index (κ1) is 20.9. The molecule has 0 saturated heterocycles. The van der Waals surface area contributed by atoms with Gasteiger partial charge < -0.3 is 14.0 Å². The fourth-order valence-electron chi connectivity index (χ4n) is 3.94. The van der Waals surface area contributed by atoms with Crippen LogP contribution in [0.2, 0.25) is 0 Å². The number of methoxy groups -OCH3 is 2. The number of hydrogen-bond acceptors (Lipinski definition) is 5. The zero-order valence-corrected chi connectivity index (χ0v) is 18.3. The minimum atomic E-state index is 0.722. The van der Waals surface area contributed by atoms with Gasteiger partial charge in [0.2, 0.25) is 0 Å². The van der Waals surface area contributed by atoms with Gasteiger partial charge >= 0.3 is 0 Å². The molecule has 6 nitrogen and oxygen atoms in total. The lowest BCUT2D eigenvalue weighted by atomic mass is 10.1. The summed E-state index contributed by atoms with van der Waals surface area (Å²) in [5, 5.41) is 0. The lowest BCUT2D eigenvalue weighted by molar-refractivity contribution is 0.234. The van der Waals surface area contributed by atoms with Crippen molar-refractivity contribution in [1.82, 2.24) is 19.4 Å². The quantitative estimate of drug-likeness (QED) is 0.397. The van der Waals surface area contributed by atoms with Gasteiger partial charge in [-0.25, -0.2) is 4.98 Å². The molecule has 4 aromatic rings. The Balaban J connectivity index is 1.67. The number of benzene rings is 2. The van der Waals surface area contributed by atoms with E-state index in [2.05, 4.69) is 57.8 Å². The maximum atomic E-state index is 5.64. The SMILES string of the molecule is CCn1c(CN(Cc2ccncc2)Cc2ccc(OC)cc2OC)nc2ccccc21. The van der Waals surface area contributed by atoms with Gasteiger partial charge in [0.1, 0.15) is 17.3 Å². The first-order chi connectivity index (χ1) is 15.2. The molecule has 31 heavy (non-hydrogen) atoms. The van der Waals surface area contributed by atoms with Crippen LogP contribution >= 0.6 is 0 Å². The molecule has 2 aromatic carbocycles. The molecule has 0 unspecified atom stereocenters. The molecule has 2 aromatic heterocycles. The summed E-state index contributed by atoms with van der Waals surface area (Å²) in [6, 6.07) is 18.4. The Bertz CT molecular complexity index is 1140. The van der Waals surface area contributed by atoms with Crippen LogP contribution < -0.4 is 9.47 Å². The second-order valence-electron chi connectivity index (χ2n) is 7.44. The van der Waals surface area contributed by atoms with Gasteiger partial charge in [-0.3, -0.25) is 9.88 Å². The Labute approximate surface area is 183 Å². The average Bonchev–Trinajstić information content (AvgIpc) is 3.16. The molecule has 0 atom stereocenters. The molecule has 0 N–H and O–H groups in total. The molecule has 160 valence electrons. The summed E-state index contributed by atoms with van der Waals surface area (Å²) in [6.45, 7) is 5.27. The number of fused-ring (bicyclic) bond motifs is 1. The monoisotopic (exact) mass is 416 g/mol. The van der Waals surface area contributed by atoms with Crippen molar-refractivity contribution in [3.63, 3.8) is 0 Å². The predicted octanol–water partition coefficient (Wildman–Crippen LogP) is 4.67. The maximum absolute atomic E-state index is 5.64. The van der Waals surface area contributed by atoms with Crippen molar-refractivity contribution in [1.29, 1.82) is 0 Å². The molecule has 0 spiro atoms. The second kappa shape index (κ2) is 9.62. The fourth-order valence-corrected chi connectivity index (χ4v) is 3.94. The molecule has 0 saturated carbocycles. The number of nitrogens with zero attached hydrogens (tertiary/aromatic N) is 4. The third-order valence-electron chi connectivity index (χ3n) is 5.46. The van der Waals surface area contributed by atoms with Crippen LogP contribution in [0.15, 0.2) is 67.0 Å². The molecule has 0 fully saturated rings. The number of aromatic nitrogens is 3. The third kappa shape index (κ3) is 4.70. The molecule has 0 aliphatic carbocycles. The fraction of sp³-hybridized carbons (Fsp3) is 0.280. The predicted molar refractivity (Wildman–Crippen MR) is 122 cm³/mol. The first-order valence-corrected chi connectivity index (χ1v) is 10.5. The number of pyridine rings is 1. The third-order valence-corrected chi connectivity index (χ3v) is 5.46. The lowest BCUT2D eigenvalue weighted by Gasteiger charge is -2.24. The van der Waals surface area contributed by atoms with Crippen LogP contribution in [-0.4, -0.2) is 33.7 Å². The Morgan fingerprint density at radius 3 is 2.45 bits per heavy atom. The number of rotatable bonds is 9. The molecule has 0 radical (unpaired) electrons. The molecule has 2 heterocycles. The largest absolute Gasteiger partial charge is 0.497 e. The van der Waals surface area contributed by atoms with E-state index in [1.807, 2.05) is 30.6 Å². The van der Waals surface area contributed by atoms with Crippen LogP contribution in [0.3, 0.4) is 0 Å². The topological polar surface area (TPSA) is 52.4 Å². The summed E-state index contributed by atoms with van der Waals surface area (Å²) in [4.78, 5) is 11.5. The van der Waals surface area contributed by atoms with Crippen LogP contribution in [0.4, 0.5) is 0 Å². The zero-order chi connectivity index (χ0) is 21.6. The van der Waals surface area contributed by atoms with E-state index in [1.54, 1.807) is 14.2 Å². The van der Waals surface area contributed by atoms with Crippen LogP contribution in [0.1, 0.15) is 23.9 Å². The van der Waals surface area contributed by atoms with E-state index in [4.69, 9.17) is 14.5 Å². The maximum Gasteiger partial charge on any atom is 0.127 e. The summed E-state index contributed by atoms with van der Waals surface area (Å²) in [5.74, 6) is 2.67. The summed E-state index contributed by atoms with van der Waals surface area (Å²) >= 11 is 0. The van der Waals surface area contributed by atoms with Crippen LogP contribution in [-0.2, 0) is 26.2 Å². The minimum absolute atomic E-state index is 0.722. The summed E-state index contributed by atoms with van der Waals surface area (Å²) in [5.41, 5.74) is 4.52. The molecule has 0 aliphatic heterocycles. The molecule has 0 aliphatic rings. The summed E-state index contributed by atoms with van der Waals surface area (Å²) < 4.78 is 13.3. The smallest absolute Gasteiger partial charge is 0.127 e. The van der Waals surface area contributed by atoms with E-state index in [0.717, 1.165) is 54.6 Å². The Kier molecular flexibility index (Phi) is 6.48. The van der Waals surface area contributed by atoms with Gasteiger partial charge in [-0.2, -0.15) is 0 Å². The molecular formula is C25H28N4O2. The van der Waals surface area contributed by atoms with Crippen molar-refractivity contribution in [2.75, 3.05) is 14.2 Å². The van der Waals surface area contributed by atoms with E-state index in [1.165, 1.54) is 11.1 Å². The number of para-hydroxylation sites is 2. The van der Waals surface area contributed by atoms with Crippen LogP contribution in [0.25, 0.3) is 11.0 Å². The molecule has 0 bridgehead atoms. The Morgan fingerprint density at radius 2 is 1.71 bits per heavy atom. The summed E-state index contributed by atoms with van der Waals surface area (Å²) in [6.07, 6.45) is 3.67. The highest BCUT2D eigenvalue weighted by Gasteiger charge is 2.17. The van der Waals surface area contributed by atoms with E-state index in [-0.39, 0.29) is 0 Å². The van der Waals surface area contributed by atoms with Gasteiger partial charge in [0.25, 0.3) is 0 Å². The summed E-state index contributed by atoms with van der Waals surface area (Å²) in [7, 11) is 3.36. The van der Waals surface area contributed by atoms with Gasteiger partial charge in [-0.1, -0.05) is 18.2 Å². The highest BCUT2D eigenvalue weighted by molar-refractivity contribution is 5.75. The van der Waals surface area contributed by atoms with Crippen molar-refractivity contribution >= 4 is 11.0 Å². The standard InChI is InChI=1S/C25H28N4O2/c1-4-29-23-8-6-5-7-22(23)27-25(29)18-28(16-19-11-13-26-14-12-19)17-20-9-10-21(30-2)15-24(20)31-3/h5-15H,4,16-18H2,1-3H3. The van der Waals surface area contributed by atoms with Gasteiger partial charge in [0, 0.05) is 43.7 Å². The normalized spacial score (nSPS) is 11.2. The van der Waals surface area contributed by atoms with Crippen molar-refractivity contribution in [2.45, 2.75) is 33.1 Å². The zero-order valence-electron chi connectivity index (χ0n) is 18.3. The molecule has 6 heteroatoms. The first-order valence-electron chi connectivity index (χ1n) is 10.5. The Morgan fingerprint density at radius 1 is 0.903 bits per heavy atom. The van der Waals surface area contributed by atoms with Gasteiger partial charge in [-0.05, 0) is 42.8 Å². The van der Waals surface area contributed by atoms with Crippen molar-refractivity contribution in [3.8, 4) is 11.5 Å². The second-order valence-corrected chi connectivity index (χ2v) is 7.44. The number of hydrogen-bond donors (Lipinski definition) is 0. The molecule has 0 amide bonds. The van der Waals surface area contributed by atoms with Gasteiger partial charge in [0.05, 0.1) is 31.8 Å². The molecule has 4 rings (SSSR count). The van der Waals surface area contributed by atoms with Crippen LogP contribution in [0.5, 0.6) is 11.5 Å². The molecular weight excluding hydrogens is 388 g/mol. The highest BCUT2D eigenvalue weighted by atomic mass is 16.5. The average molecular weight is 417 g/mol. The van der Waals surface area contributed by atoms with Crippen molar-refractivity contribution < 1.29 is 9.47 Å². The lowest BCUT2D eigenvalue weighted by Crippen LogP contribution is -2.24.